The molecule has 2 aromatic rings. The molecule has 0 aliphatic rings. The van der Waals surface area contributed by atoms with Gasteiger partial charge in [0, 0.05) is 0 Å². The van der Waals surface area contributed by atoms with Crippen LogP contribution in [0.25, 0.3) is 10.8 Å². The zero-order chi connectivity index (χ0) is 35.0. The molecule has 276 valence electrons. The van der Waals surface area contributed by atoms with Crippen LogP contribution in [0.4, 0.5) is 0 Å². The third-order valence-corrected chi connectivity index (χ3v) is 15.4. The van der Waals surface area contributed by atoms with E-state index in [2.05, 4.69) is 89.6 Å². The molecule has 0 unspecified atom stereocenters. The first kappa shape index (κ1) is 44.5. The SMILES string of the molecule is CCCCCCCCCCCCCCCCP(C)(C)(O)c1cccc2ccccc12.CCCCCCCCCCCCP(C)(C)(C)O. The van der Waals surface area contributed by atoms with E-state index in [1.54, 1.807) is 0 Å². The van der Waals surface area contributed by atoms with Crippen LogP contribution in [0.15, 0.2) is 42.5 Å². The Kier molecular flexibility index (Phi) is 22.5. The molecule has 2 nitrogen and oxygen atoms in total. The van der Waals surface area contributed by atoms with E-state index in [0.29, 0.717) is 0 Å². The number of unbranched alkanes of at least 4 members (excludes halogenated alkanes) is 22. The average Bonchev–Trinajstić information content (AvgIpc) is 3.01. The summed E-state index contributed by atoms with van der Waals surface area (Å²) in [7, 11) is 0. The maximum atomic E-state index is 11.7. The molecule has 0 atom stereocenters. The molecule has 0 saturated heterocycles. The predicted octanol–water partition coefficient (Wildman–Crippen LogP) is 13.9. The van der Waals surface area contributed by atoms with E-state index >= 15 is 0 Å². The summed E-state index contributed by atoms with van der Waals surface area (Å²) in [5.41, 5.74) is 0. The normalized spacial score (nSPS) is 13.8. The van der Waals surface area contributed by atoms with Crippen molar-refractivity contribution in [3.05, 3.63) is 42.5 Å². The first-order valence-electron chi connectivity index (χ1n) is 20.2. The van der Waals surface area contributed by atoms with Gasteiger partial charge >= 0.3 is 269 Å². The van der Waals surface area contributed by atoms with Crippen LogP contribution in [-0.2, 0) is 0 Å². The Hall–Kier alpha value is -0.520. The molecule has 0 saturated carbocycles. The molecule has 47 heavy (non-hydrogen) atoms. The second-order valence-corrected chi connectivity index (χ2v) is 29.2. The van der Waals surface area contributed by atoms with Crippen molar-refractivity contribution in [2.24, 2.45) is 0 Å². The molecule has 4 heteroatoms. The Morgan fingerprint density at radius 1 is 0.404 bits per heavy atom. The summed E-state index contributed by atoms with van der Waals surface area (Å²) in [4.78, 5) is 21.8. The van der Waals surface area contributed by atoms with Gasteiger partial charge in [-0.15, -0.1) is 0 Å². The predicted molar refractivity (Wildman–Crippen MR) is 223 cm³/mol. The van der Waals surface area contributed by atoms with Gasteiger partial charge in [-0.2, -0.15) is 0 Å². The first-order chi connectivity index (χ1) is 22.2. The minimum absolute atomic E-state index is 0.942. The molecule has 2 aromatic carbocycles. The quantitative estimate of drug-likeness (QED) is 0.0723. The zero-order valence-corrected chi connectivity index (χ0v) is 34.5. The third-order valence-electron chi connectivity index (χ3n) is 9.98. The summed E-state index contributed by atoms with van der Waals surface area (Å²) in [6.07, 6.45) is 35.0. The van der Waals surface area contributed by atoms with E-state index in [9.17, 15) is 9.79 Å². The Labute approximate surface area is 294 Å². The van der Waals surface area contributed by atoms with Gasteiger partial charge in [-0.3, -0.25) is 0 Å². The molecular formula is C43H82O2P2. The van der Waals surface area contributed by atoms with Crippen LogP contribution in [0.5, 0.6) is 0 Å². The molecule has 0 aromatic heterocycles. The third kappa shape index (κ3) is 23.5. The molecule has 0 radical (unpaired) electrons. The van der Waals surface area contributed by atoms with Crippen molar-refractivity contribution in [3.63, 3.8) is 0 Å². The summed E-state index contributed by atoms with van der Waals surface area (Å²) in [6.45, 7) is 9.96. The Morgan fingerprint density at radius 3 is 1.15 bits per heavy atom. The van der Waals surface area contributed by atoms with Gasteiger partial charge in [-0.25, -0.2) is 0 Å². The van der Waals surface area contributed by atoms with Crippen molar-refractivity contribution in [1.82, 2.24) is 0 Å². The van der Waals surface area contributed by atoms with E-state index < -0.39 is 13.7 Å². The summed E-state index contributed by atoms with van der Waals surface area (Å²) in [5, 5.41) is 3.66. The van der Waals surface area contributed by atoms with Crippen molar-refractivity contribution in [3.8, 4) is 0 Å². The van der Waals surface area contributed by atoms with E-state index in [4.69, 9.17) is 0 Å². The van der Waals surface area contributed by atoms with Gasteiger partial charge < -0.3 is 0 Å². The van der Waals surface area contributed by atoms with Gasteiger partial charge in [0.1, 0.15) is 0 Å². The molecule has 0 spiro atoms. The van der Waals surface area contributed by atoms with Gasteiger partial charge in [0.2, 0.25) is 0 Å². The molecule has 0 bridgehead atoms. The Morgan fingerprint density at radius 2 is 0.745 bits per heavy atom. The van der Waals surface area contributed by atoms with Crippen molar-refractivity contribution >= 4 is 29.7 Å². The summed E-state index contributed by atoms with van der Waals surface area (Å²) >= 11 is 0. The van der Waals surface area contributed by atoms with E-state index in [1.165, 1.54) is 164 Å². The number of rotatable bonds is 27. The number of hydrogen-bond acceptors (Lipinski definition) is 2. The molecule has 0 fully saturated rings. The van der Waals surface area contributed by atoms with Crippen LogP contribution < -0.4 is 5.30 Å². The van der Waals surface area contributed by atoms with Gasteiger partial charge in [-0.05, 0) is 0 Å². The van der Waals surface area contributed by atoms with Crippen LogP contribution in [0.3, 0.4) is 0 Å². The standard InChI is InChI=1S/C28H47OP.C15H35OP/c1-4-5-6-7-8-9-10-11-12-13-14-15-16-19-25-30(2,3,29)28-24-20-22-26-21-17-18-23-27(26)28;1-5-6-7-8-9-10-11-12-13-14-15-17(2,3,4)16/h17-18,20-24,29H,4-16,19,25H2,1-3H3;16H,5-15H2,1-4H3. The molecular weight excluding hydrogens is 610 g/mol. The number of fused-ring (bicyclic) bond motifs is 1. The maximum absolute atomic E-state index is 11.7. The Bertz CT molecular complexity index is 1030. The molecule has 0 aliphatic heterocycles. The molecule has 0 heterocycles. The summed E-state index contributed by atoms with van der Waals surface area (Å²) in [5.74, 6) is 0. The van der Waals surface area contributed by atoms with Crippen molar-refractivity contribution in [2.75, 3.05) is 45.6 Å². The van der Waals surface area contributed by atoms with Gasteiger partial charge in [0.25, 0.3) is 0 Å². The minimum atomic E-state index is -2.83. The Balaban J connectivity index is 0.000000554. The van der Waals surface area contributed by atoms with Crippen molar-refractivity contribution < 1.29 is 9.79 Å². The second kappa shape index (κ2) is 23.8. The van der Waals surface area contributed by atoms with Crippen LogP contribution in [0.1, 0.15) is 168 Å². The zero-order valence-electron chi connectivity index (χ0n) is 32.7. The fourth-order valence-corrected chi connectivity index (χ4v) is 11.1. The molecule has 0 amide bonds. The monoisotopic (exact) mass is 693 g/mol. The second-order valence-electron chi connectivity index (χ2n) is 17.1. The fraction of sp³-hybridized carbons (Fsp3) is 0.767. The van der Waals surface area contributed by atoms with E-state index in [-0.39, 0.29) is 0 Å². The van der Waals surface area contributed by atoms with Crippen molar-refractivity contribution in [1.29, 1.82) is 0 Å². The molecule has 2 rings (SSSR count). The van der Waals surface area contributed by atoms with Crippen molar-refractivity contribution in [2.45, 2.75) is 168 Å². The fourth-order valence-electron chi connectivity index (χ4n) is 6.86. The molecule has 2 N–H and O–H groups in total. The topological polar surface area (TPSA) is 40.5 Å². The van der Waals surface area contributed by atoms with Crippen LogP contribution in [0.2, 0.25) is 0 Å². The first-order valence-corrected chi connectivity index (χ1v) is 27.2. The number of benzene rings is 2. The van der Waals surface area contributed by atoms with E-state index in [0.717, 1.165) is 18.7 Å². The van der Waals surface area contributed by atoms with Crippen LogP contribution in [-0.4, -0.2) is 55.4 Å². The van der Waals surface area contributed by atoms with E-state index in [1.807, 2.05) is 0 Å². The molecule has 0 aliphatic carbocycles. The summed E-state index contributed by atoms with van der Waals surface area (Å²) < 4.78 is 0. The number of hydrogen-bond donors (Lipinski definition) is 2. The average molecular weight is 693 g/mol. The van der Waals surface area contributed by atoms with Gasteiger partial charge in [0.15, 0.2) is 0 Å². The van der Waals surface area contributed by atoms with Crippen LogP contribution >= 0.6 is 13.7 Å². The van der Waals surface area contributed by atoms with Gasteiger partial charge in [0.05, 0.1) is 0 Å². The van der Waals surface area contributed by atoms with Crippen LogP contribution in [0, 0.1) is 0 Å². The summed E-state index contributed by atoms with van der Waals surface area (Å²) in [6, 6.07) is 14.9. The van der Waals surface area contributed by atoms with Gasteiger partial charge in [-0.1, -0.05) is 26.2 Å².